The summed E-state index contributed by atoms with van der Waals surface area (Å²) >= 11 is 0. The highest BCUT2D eigenvalue weighted by atomic mass is 19.1. The van der Waals surface area contributed by atoms with E-state index < -0.39 is 5.91 Å². The molecule has 110 valence electrons. The molecule has 0 radical (unpaired) electrons. The van der Waals surface area contributed by atoms with E-state index in [4.69, 9.17) is 10.4 Å². The molecule has 0 aliphatic heterocycles. The molecule has 0 atom stereocenters. The average molecular weight is 297 g/mol. The minimum absolute atomic E-state index is 0.0759. The van der Waals surface area contributed by atoms with Crippen molar-refractivity contribution < 1.29 is 14.3 Å². The van der Waals surface area contributed by atoms with Gasteiger partial charge in [0.1, 0.15) is 23.2 Å². The van der Waals surface area contributed by atoms with Gasteiger partial charge in [-0.05, 0) is 48.5 Å². The largest absolute Gasteiger partial charge is 0.508 e. The first-order chi connectivity index (χ1) is 10.6. The van der Waals surface area contributed by atoms with E-state index in [1.165, 1.54) is 54.7 Å². The highest BCUT2D eigenvalue weighted by molar-refractivity contribution is 6.06. The number of carbonyl (C=O) groups is 1. The number of aromatic hydroxyl groups is 1. The van der Waals surface area contributed by atoms with E-state index in [-0.39, 0.29) is 17.1 Å². The van der Waals surface area contributed by atoms with Gasteiger partial charge in [-0.3, -0.25) is 4.79 Å². The topological polar surface area (TPSA) is 85.2 Å². The minimum Gasteiger partial charge on any atom is -0.508 e. The second kappa shape index (κ2) is 6.90. The van der Waals surface area contributed by atoms with Crippen LogP contribution in [0.25, 0.3) is 0 Å². The SMILES string of the molecule is N#C/C(=C/Nc1ccc(F)cc1)C(=O)Nc1ccc(O)cc1. The summed E-state index contributed by atoms with van der Waals surface area (Å²) in [5.41, 5.74) is 0.856. The zero-order chi connectivity index (χ0) is 15.9. The van der Waals surface area contributed by atoms with Gasteiger partial charge in [0.2, 0.25) is 0 Å². The molecule has 0 aliphatic rings. The predicted octanol–water partition coefficient (Wildman–Crippen LogP) is 2.99. The van der Waals surface area contributed by atoms with Crippen molar-refractivity contribution in [2.45, 2.75) is 0 Å². The van der Waals surface area contributed by atoms with Crippen LogP contribution >= 0.6 is 0 Å². The first kappa shape index (κ1) is 15.1. The van der Waals surface area contributed by atoms with Crippen molar-refractivity contribution in [1.29, 1.82) is 5.26 Å². The lowest BCUT2D eigenvalue weighted by Gasteiger charge is -2.05. The lowest BCUT2D eigenvalue weighted by Crippen LogP contribution is -2.14. The maximum atomic E-state index is 12.8. The number of halogens is 1. The minimum atomic E-state index is -0.595. The molecule has 0 bridgehead atoms. The molecule has 0 saturated carbocycles. The molecular weight excluding hydrogens is 285 g/mol. The van der Waals surface area contributed by atoms with Crippen LogP contribution in [0.4, 0.5) is 15.8 Å². The molecule has 2 aromatic carbocycles. The maximum Gasteiger partial charge on any atom is 0.267 e. The smallest absolute Gasteiger partial charge is 0.267 e. The number of hydrogen-bond acceptors (Lipinski definition) is 4. The van der Waals surface area contributed by atoms with E-state index in [9.17, 15) is 9.18 Å². The van der Waals surface area contributed by atoms with Crippen molar-refractivity contribution in [2.75, 3.05) is 10.6 Å². The molecule has 0 unspecified atom stereocenters. The molecule has 22 heavy (non-hydrogen) atoms. The van der Waals surface area contributed by atoms with Gasteiger partial charge in [-0.2, -0.15) is 5.26 Å². The molecule has 3 N–H and O–H groups in total. The standard InChI is InChI=1S/C16H12FN3O2/c17-12-1-3-13(4-2-12)19-10-11(9-18)16(22)20-14-5-7-15(21)8-6-14/h1-8,10,19,21H,(H,20,22)/b11-10-. The lowest BCUT2D eigenvalue weighted by molar-refractivity contribution is -0.112. The number of anilines is 2. The molecule has 0 fully saturated rings. The monoisotopic (exact) mass is 297 g/mol. The Morgan fingerprint density at radius 3 is 2.27 bits per heavy atom. The van der Waals surface area contributed by atoms with Gasteiger partial charge in [-0.1, -0.05) is 0 Å². The summed E-state index contributed by atoms with van der Waals surface area (Å²) in [6.45, 7) is 0. The molecule has 2 rings (SSSR count). The first-order valence-electron chi connectivity index (χ1n) is 6.31. The third-order valence-electron chi connectivity index (χ3n) is 2.72. The number of phenolic OH excluding ortho intramolecular Hbond substituents is 1. The Kier molecular flexibility index (Phi) is 4.73. The molecule has 2 aromatic rings. The van der Waals surface area contributed by atoms with E-state index in [1.54, 1.807) is 6.07 Å². The third kappa shape index (κ3) is 4.08. The van der Waals surface area contributed by atoms with Crippen LogP contribution in [0.15, 0.2) is 60.3 Å². The van der Waals surface area contributed by atoms with Crippen LogP contribution < -0.4 is 10.6 Å². The molecule has 1 amide bonds. The number of carbonyl (C=O) groups excluding carboxylic acids is 1. The van der Waals surface area contributed by atoms with Crippen LogP contribution in [0.5, 0.6) is 5.75 Å². The van der Waals surface area contributed by atoms with Crippen LogP contribution in [0.3, 0.4) is 0 Å². The van der Waals surface area contributed by atoms with Crippen LogP contribution in [-0.4, -0.2) is 11.0 Å². The fraction of sp³-hybridized carbons (Fsp3) is 0. The third-order valence-corrected chi connectivity index (χ3v) is 2.72. The Bertz CT molecular complexity index is 731. The highest BCUT2D eigenvalue weighted by Gasteiger charge is 2.09. The average Bonchev–Trinajstić information content (AvgIpc) is 2.52. The van der Waals surface area contributed by atoms with Crippen molar-refractivity contribution in [1.82, 2.24) is 0 Å². The molecule has 0 saturated heterocycles. The Hall–Kier alpha value is -3.33. The van der Waals surface area contributed by atoms with Crippen LogP contribution in [0.2, 0.25) is 0 Å². The number of nitrogens with zero attached hydrogens (tertiary/aromatic N) is 1. The molecular formula is C16H12FN3O2. The van der Waals surface area contributed by atoms with Crippen LogP contribution in [-0.2, 0) is 4.79 Å². The fourth-order valence-corrected chi connectivity index (χ4v) is 1.59. The number of nitriles is 1. The Balaban J connectivity index is 2.05. The molecule has 0 aromatic heterocycles. The maximum absolute atomic E-state index is 12.8. The number of hydrogen-bond donors (Lipinski definition) is 3. The van der Waals surface area contributed by atoms with Crippen LogP contribution in [0.1, 0.15) is 0 Å². The second-order valence-electron chi connectivity index (χ2n) is 4.32. The lowest BCUT2D eigenvalue weighted by atomic mass is 10.2. The number of rotatable bonds is 4. The van der Waals surface area contributed by atoms with Gasteiger partial charge in [0.25, 0.3) is 5.91 Å². The molecule has 0 heterocycles. The van der Waals surface area contributed by atoms with Crippen molar-refractivity contribution in [3.05, 3.63) is 66.1 Å². The van der Waals surface area contributed by atoms with Gasteiger partial charge < -0.3 is 15.7 Å². The first-order valence-corrected chi connectivity index (χ1v) is 6.31. The normalized spacial score (nSPS) is 10.6. The second-order valence-corrected chi connectivity index (χ2v) is 4.32. The zero-order valence-electron chi connectivity index (χ0n) is 11.4. The van der Waals surface area contributed by atoms with Crippen molar-refractivity contribution >= 4 is 17.3 Å². The van der Waals surface area contributed by atoms with Crippen molar-refractivity contribution in [3.63, 3.8) is 0 Å². The Morgan fingerprint density at radius 2 is 1.68 bits per heavy atom. The fourth-order valence-electron chi connectivity index (χ4n) is 1.59. The van der Waals surface area contributed by atoms with Gasteiger partial charge >= 0.3 is 0 Å². The number of amides is 1. The number of nitrogens with one attached hydrogen (secondary N) is 2. The highest BCUT2D eigenvalue weighted by Crippen LogP contribution is 2.15. The molecule has 0 spiro atoms. The quantitative estimate of drug-likeness (QED) is 0.460. The van der Waals surface area contributed by atoms with Crippen molar-refractivity contribution in [2.24, 2.45) is 0 Å². The zero-order valence-corrected chi connectivity index (χ0v) is 11.4. The van der Waals surface area contributed by atoms with E-state index in [0.717, 1.165) is 0 Å². The summed E-state index contributed by atoms with van der Waals surface area (Å²) in [5, 5.41) is 23.5. The van der Waals surface area contributed by atoms with Crippen LogP contribution in [0, 0.1) is 17.1 Å². The summed E-state index contributed by atoms with van der Waals surface area (Å²) in [6.07, 6.45) is 1.24. The van der Waals surface area contributed by atoms with E-state index in [0.29, 0.717) is 11.4 Å². The van der Waals surface area contributed by atoms with E-state index >= 15 is 0 Å². The Labute approximate surface area is 126 Å². The van der Waals surface area contributed by atoms with Gasteiger partial charge in [0, 0.05) is 17.6 Å². The van der Waals surface area contributed by atoms with E-state index in [2.05, 4.69) is 10.6 Å². The van der Waals surface area contributed by atoms with E-state index in [1.807, 2.05) is 0 Å². The summed E-state index contributed by atoms with van der Waals surface area (Å²) in [5.74, 6) is -0.894. The number of phenols is 1. The summed E-state index contributed by atoms with van der Waals surface area (Å²) < 4.78 is 12.8. The van der Waals surface area contributed by atoms with Gasteiger partial charge in [-0.15, -0.1) is 0 Å². The molecule has 0 aliphatic carbocycles. The number of benzene rings is 2. The van der Waals surface area contributed by atoms with Crippen molar-refractivity contribution in [3.8, 4) is 11.8 Å². The summed E-state index contributed by atoms with van der Waals surface area (Å²) in [6, 6.07) is 13.1. The van der Waals surface area contributed by atoms with Gasteiger partial charge in [0.15, 0.2) is 0 Å². The predicted molar refractivity (Wildman–Crippen MR) is 80.5 cm³/mol. The molecule has 5 nitrogen and oxygen atoms in total. The summed E-state index contributed by atoms with van der Waals surface area (Å²) in [7, 11) is 0. The molecule has 6 heteroatoms. The summed E-state index contributed by atoms with van der Waals surface area (Å²) in [4.78, 5) is 11.9. The van der Waals surface area contributed by atoms with Gasteiger partial charge in [-0.25, -0.2) is 4.39 Å². The Morgan fingerprint density at radius 1 is 1.09 bits per heavy atom. The van der Waals surface area contributed by atoms with Gasteiger partial charge in [0.05, 0.1) is 0 Å².